The summed E-state index contributed by atoms with van der Waals surface area (Å²) in [5.41, 5.74) is 4.55. The molecule has 2 aromatic heterocycles. The lowest BCUT2D eigenvalue weighted by Crippen LogP contribution is -1.91. The van der Waals surface area contributed by atoms with Gasteiger partial charge in [-0.2, -0.15) is 0 Å². The molecule has 0 radical (unpaired) electrons. The van der Waals surface area contributed by atoms with E-state index in [9.17, 15) is 0 Å². The van der Waals surface area contributed by atoms with Gasteiger partial charge in [0.25, 0.3) is 0 Å². The number of rotatable bonds is 1. The molecule has 0 amide bonds. The number of hydrogen-bond donors (Lipinski definition) is 0. The Balaban J connectivity index is 2.29. The van der Waals surface area contributed by atoms with Crippen LogP contribution >= 0.6 is 0 Å². The summed E-state index contributed by atoms with van der Waals surface area (Å²) in [4.78, 5) is 4.41. The molecule has 0 N–H and O–H groups in total. The molecule has 0 unspecified atom stereocenters. The summed E-state index contributed by atoms with van der Waals surface area (Å²) in [7, 11) is 0. The summed E-state index contributed by atoms with van der Waals surface area (Å²) < 4.78 is 2.16. The van der Waals surface area contributed by atoms with Crippen molar-refractivity contribution in [3.63, 3.8) is 0 Å². The normalized spacial score (nSPS) is 10.8. The zero-order valence-corrected chi connectivity index (χ0v) is 9.09. The van der Waals surface area contributed by atoms with Crippen molar-refractivity contribution in [2.75, 3.05) is 0 Å². The van der Waals surface area contributed by atoms with Gasteiger partial charge in [0.2, 0.25) is 0 Å². The number of para-hydroxylation sites is 1. The van der Waals surface area contributed by atoms with Crippen molar-refractivity contribution >= 4 is 11.0 Å². The minimum absolute atomic E-state index is 1.04. The van der Waals surface area contributed by atoms with Crippen molar-refractivity contribution in [1.82, 2.24) is 9.55 Å². The summed E-state index contributed by atoms with van der Waals surface area (Å²) in [6, 6.07) is 14.5. The van der Waals surface area contributed by atoms with Gasteiger partial charge < -0.3 is 4.57 Å². The van der Waals surface area contributed by atoms with Crippen LogP contribution in [0, 0.1) is 6.92 Å². The fourth-order valence-corrected chi connectivity index (χ4v) is 1.92. The molecular weight excluding hydrogens is 196 g/mol. The highest BCUT2D eigenvalue weighted by molar-refractivity contribution is 5.78. The minimum Gasteiger partial charge on any atom is -0.315 e. The van der Waals surface area contributed by atoms with Gasteiger partial charge in [0.05, 0.1) is 11.0 Å². The Morgan fingerprint density at radius 1 is 1.06 bits per heavy atom. The van der Waals surface area contributed by atoms with Crippen LogP contribution < -0.4 is 0 Å². The first kappa shape index (κ1) is 9.16. The Morgan fingerprint density at radius 3 is 2.69 bits per heavy atom. The summed E-state index contributed by atoms with van der Waals surface area (Å²) in [5.74, 6) is 0. The van der Waals surface area contributed by atoms with Crippen molar-refractivity contribution < 1.29 is 0 Å². The molecule has 0 aliphatic heterocycles. The van der Waals surface area contributed by atoms with Crippen LogP contribution in [0.1, 0.15) is 5.56 Å². The zero-order chi connectivity index (χ0) is 11.0. The number of nitrogens with zero attached hydrogens (tertiary/aromatic N) is 2. The summed E-state index contributed by atoms with van der Waals surface area (Å²) in [6.07, 6.45) is 3.96. The maximum Gasteiger partial charge on any atom is 0.0884 e. The van der Waals surface area contributed by atoms with E-state index in [4.69, 9.17) is 0 Å². The van der Waals surface area contributed by atoms with Gasteiger partial charge >= 0.3 is 0 Å². The van der Waals surface area contributed by atoms with Gasteiger partial charge in [0.15, 0.2) is 0 Å². The molecule has 2 nitrogen and oxygen atoms in total. The van der Waals surface area contributed by atoms with E-state index in [2.05, 4.69) is 40.9 Å². The molecule has 0 fully saturated rings. The number of aromatic nitrogens is 2. The molecule has 1 aromatic carbocycles. The second-order valence-corrected chi connectivity index (χ2v) is 3.94. The Bertz CT molecular complexity index is 624. The first-order chi connectivity index (χ1) is 7.84. The van der Waals surface area contributed by atoms with E-state index in [0.717, 1.165) is 11.0 Å². The number of benzene rings is 1. The molecule has 0 atom stereocenters. The van der Waals surface area contributed by atoms with Crippen LogP contribution in [0.4, 0.5) is 0 Å². The highest BCUT2D eigenvalue weighted by atomic mass is 15.0. The third kappa shape index (κ3) is 1.39. The van der Waals surface area contributed by atoms with Gasteiger partial charge in [0.1, 0.15) is 0 Å². The van der Waals surface area contributed by atoms with E-state index in [1.165, 1.54) is 11.3 Å². The Hall–Kier alpha value is -2.09. The van der Waals surface area contributed by atoms with E-state index < -0.39 is 0 Å². The Labute approximate surface area is 94.2 Å². The molecule has 3 aromatic rings. The van der Waals surface area contributed by atoms with Crippen molar-refractivity contribution in [3.05, 3.63) is 60.4 Å². The molecule has 16 heavy (non-hydrogen) atoms. The van der Waals surface area contributed by atoms with Gasteiger partial charge in [-0.15, -0.1) is 0 Å². The largest absolute Gasteiger partial charge is 0.315 e. The van der Waals surface area contributed by atoms with Crippen LogP contribution in [0.2, 0.25) is 0 Å². The minimum atomic E-state index is 1.04. The smallest absolute Gasteiger partial charge is 0.0884 e. The van der Waals surface area contributed by atoms with Crippen molar-refractivity contribution in [2.45, 2.75) is 6.92 Å². The topological polar surface area (TPSA) is 17.8 Å². The lowest BCUT2D eigenvalue weighted by atomic mass is 10.2. The molecular formula is C14H12N2. The fourth-order valence-electron chi connectivity index (χ4n) is 1.92. The third-order valence-corrected chi connectivity index (χ3v) is 2.71. The predicted molar refractivity (Wildman–Crippen MR) is 65.8 cm³/mol. The number of hydrogen-bond acceptors (Lipinski definition) is 1. The van der Waals surface area contributed by atoms with Crippen LogP contribution in [0.5, 0.6) is 0 Å². The second-order valence-electron chi connectivity index (χ2n) is 3.94. The van der Waals surface area contributed by atoms with E-state index in [1.807, 2.05) is 30.5 Å². The maximum absolute atomic E-state index is 4.41. The molecule has 2 heteroatoms. The standard InChI is InChI=1S/C14H12N2/c1-11-9-14-13(15-10-11)7-8-16(14)12-5-3-2-4-6-12/h2-10H,1H3. The van der Waals surface area contributed by atoms with Gasteiger partial charge in [-0.3, -0.25) is 4.98 Å². The predicted octanol–water partition coefficient (Wildman–Crippen LogP) is 3.33. The number of pyridine rings is 1. The lowest BCUT2D eigenvalue weighted by Gasteiger charge is -2.04. The van der Waals surface area contributed by atoms with Crippen LogP contribution in [-0.2, 0) is 0 Å². The highest BCUT2D eigenvalue weighted by Crippen LogP contribution is 2.19. The summed E-state index contributed by atoms with van der Waals surface area (Å²) >= 11 is 0. The second kappa shape index (κ2) is 3.49. The molecule has 0 aliphatic carbocycles. The van der Waals surface area contributed by atoms with Crippen molar-refractivity contribution in [3.8, 4) is 5.69 Å². The Morgan fingerprint density at radius 2 is 1.88 bits per heavy atom. The van der Waals surface area contributed by atoms with Crippen LogP contribution in [-0.4, -0.2) is 9.55 Å². The van der Waals surface area contributed by atoms with Gasteiger partial charge in [-0.25, -0.2) is 0 Å². The highest BCUT2D eigenvalue weighted by Gasteiger charge is 2.03. The van der Waals surface area contributed by atoms with Gasteiger partial charge in [0, 0.05) is 18.1 Å². The van der Waals surface area contributed by atoms with E-state index in [-0.39, 0.29) is 0 Å². The fraction of sp³-hybridized carbons (Fsp3) is 0.0714. The number of fused-ring (bicyclic) bond motifs is 1. The van der Waals surface area contributed by atoms with Crippen LogP contribution in [0.3, 0.4) is 0 Å². The maximum atomic E-state index is 4.41. The Kier molecular flexibility index (Phi) is 2.00. The molecule has 0 bridgehead atoms. The molecule has 0 saturated heterocycles. The molecule has 0 saturated carbocycles. The van der Waals surface area contributed by atoms with E-state index >= 15 is 0 Å². The number of aryl methyl sites for hydroxylation is 1. The first-order valence-electron chi connectivity index (χ1n) is 5.34. The van der Waals surface area contributed by atoms with Crippen molar-refractivity contribution in [1.29, 1.82) is 0 Å². The van der Waals surface area contributed by atoms with Crippen molar-refractivity contribution in [2.24, 2.45) is 0 Å². The average Bonchev–Trinajstić information content (AvgIpc) is 2.73. The van der Waals surface area contributed by atoms with Crippen LogP contribution in [0.15, 0.2) is 54.9 Å². The molecule has 0 aliphatic rings. The summed E-state index contributed by atoms with van der Waals surface area (Å²) in [5, 5.41) is 0. The van der Waals surface area contributed by atoms with E-state index in [1.54, 1.807) is 0 Å². The van der Waals surface area contributed by atoms with Gasteiger partial charge in [-0.05, 0) is 36.8 Å². The zero-order valence-electron chi connectivity index (χ0n) is 9.09. The molecule has 3 rings (SSSR count). The van der Waals surface area contributed by atoms with E-state index in [0.29, 0.717) is 0 Å². The SMILES string of the molecule is Cc1cnc2ccn(-c3ccccc3)c2c1. The molecule has 2 heterocycles. The third-order valence-electron chi connectivity index (χ3n) is 2.71. The summed E-state index contributed by atoms with van der Waals surface area (Å²) in [6.45, 7) is 2.06. The molecule has 0 spiro atoms. The van der Waals surface area contributed by atoms with Gasteiger partial charge in [-0.1, -0.05) is 18.2 Å². The van der Waals surface area contributed by atoms with Crippen LogP contribution in [0.25, 0.3) is 16.7 Å². The quantitative estimate of drug-likeness (QED) is 0.599. The molecule has 78 valence electrons. The lowest BCUT2D eigenvalue weighted by molar-refractivity contribution is 1.12. The first-order valence-corrected chi connectivity index (χ1v) is 5.34. The average molecular weight is 208 g/mol. The monoisotopic (exact) mass is 208 g/mol.